The fraction of sp³-hybridized carbons (Fsp3) is 0.600. The molecule has 0 bridgehead atoms. The highest BCUT2D eigenvalue weighted by Gasteiger charge is 2.13. The molecule has 1 aliphatic rings. The number of ether oxygens (including phenoxy) is 2. The van der Waals surface area contributed by atoms with E-state index in [1.165, 1.54) is 19.3 Å². The molecule has 0 radical (unpaired) electrons. The Balaban J connectivity index is 1.83. The van der Waals surface area contributed by atoms with Crippen LogP contribution in [0.25, 0.3) is 0 Å². The predicted octanol–water partition coefficient (Wildman–Crippen LogP) is 3.04. The fourth-order valence-electron chi connectivity index (χ4n) is 2.38. The number of hydrogen-bond donors (Lipinski definition) is 2. The number of rotatable bonds is 6. The van der Waals surface area contributed by atoms with E-state index in [0.29, 0.717) is 18.4 Å². The number of nitrogens with one attached hydrogen (secondary N) is 1. The molecular formula is C15H24N2O2. The maximum Gasteiger partial charge on any atom is 0.144 e. The Morgan fingerprint density at radius 2 is 2.32 bits per heavy atom. The fourth-order valence-corrected chi connectivity index (χ4v) is 2.38. The lowest BCUT2D eigenvalue weighted by Crippen LogP contribution is -2.22. The average molecular weight is 264 g/mol. The second-order valence-corrected chi connectivity index (χ2v) is 4.85. The van der Waals surface area contributed by atoms with E-state index in [-0.39, 0.29) is 0 Å². The standard InChI is InChI=1S/C15H24N2O2/c1-2-18-14-8-5-7-13(15(14)16)17-10-9-12-6-3-4-11-19-12/h5,7-8,12,17H,2-4,6,9-11,16H2,1H3. The lowest BCUT2D eigenvalue weighted by Gasteiger charge is -2.23. The maximum atomic E-state index is 6.07. The molecule has 1 atom stereocenters. The molecule has 1 aliphatic heterocycles. The number of para-hydroxylation sites is 1. The van der Waals surface area contributed by atoms with Gasteiger partial charge >= 0.3 is 0 Å². The molecule has 3 N–H and O–H groups in total. The Morgan fingerprint density at radius 3 is 3.05 bits per heavy atom. The van der Waals surface area contributed by atoms with E-state index >= 15 is 0 Å². The van der Waals surface area contributed by atoms with E-state index in [1.807, 2.05) is 25.1 Å². The molecule has 1 heterocycles. The van der Waals surface area contributed by atoms with Crippen LogP contribution in [0.4, 0.5) is 11.4 Å². The van der Waals surface area contributed by atoms with E-state index in [0.717, 1.165) is 31.0 Å². The third-order valence-electron chi connectivity index (χ3n) is 3.42. The molecule has 0 saturated carbocycles. The lowest BCUT2D eigenvalue weighted by atomic mass is 10.1. The Morgan fingerprint density at radius 1 is 1.42 bits per heavy atom. The van der Waals surface area contributed by atoms with Gasteiger partial charge in [-0.15, -0.1) is 0 Å². The normalized spacial score (nSPS) is 19.1. The second kappa shape index (κ2) is 7.24. The van der Waals surface area contributed by atoms with E-state index in [4.69, 9.17) is 15.2 Å². The van der Waals surface area contributed by atoms with Crippen molar-refractivity contribution < 1.29 is 9.47 Å². The first-order chi connectivity index (χ1) is 9.31. The van der Waals surface area contributed by atoms with Gasteiger partial charge in [0.2, 0.25) is 0 Å². The van der Waals surface area contributed by atoms with E-state index in [2.05, 4.69) is 5.32 Å². The van der Waals surface area contributed by atoms with Crippen LogP contribution in [0.1, 0.15) is 32.6 Å². The zero-order valence-corrected chi connectivity index (χ0v) is 11.7. The highest BCUT2D eigenvalue weighted by Crippen LogP contribution is 2.29. The van der Waals surface area contributed by atoms with Gasteiger partial charge in [-0.05, 0) is 44.7 Å². The van der Waals surface area contributed by atoms with Crippen LogP contribution in [0.2, 0.25) is 0 Å². The van der Waals surface area contributed by atoms with Crippen molar-refractivity contribution in [2.75, 3.05) is 30.8 Å². The molecular weight excluding hydrogens is 240 g/mol. The SMILES string of the molecule is CCOc1cccc(NCCC2CCCCO2)c1N. The zero-order valence-electron chi connectivity index (χ0n) is 11.7. The van der Waals surface area contributed by atoms with Crippen LogP contribution in [-0.2, 0) is 4.74 Å². The highest BCUT2D eigenvalue weighted by atomic mass is 16.5. The summed E-state index contributed by atoms with van der Waals surface area (Å²) in [6, 6.07) is 5.84. The Bertz CT molecular complexity index is 390. The van der Waals surface area contributed by atoms with Crippen LogP contribution < -0.4 is 15.8 Å². The van der Waals surface area contributed by atoms with Gasteiger partial charge in [0.25, 0.3) is 0 Å². The Kier molecular flexibility index (Phi) is 5.33. The van der Waals surface area contributed by atoms with Crippen molar-refractivity contribution in [2.45, 2.75) is 38.7 Å². The summed E-state index contributed by atoms with van der Waals surface area (Å²) in [4.78, 5) is 0. The van der Waals surface area contributed by atoms with E-state index in [1.54, 1.807) is 0 Å². The summed E-state index contributed by atoms with van der Waals surface area (Å²) < 4.78 is 11.2. The van der Waals surface area contributed by atoms with Gasteiger partial charge in [0.05, 0.1) is 24.1 Å². The predicted molar refractivity (Wildman–Crippen MR) is 78.7 cm³/mol. The van der Waals surface area contributed by atoms with Crippen LogP contribution in [0.5, 0.6) is 5.75 Å². The molecule has 1 aromatic carbocycles. The average Bonchev–Trinajstić information content (AvgIpc) is 2.44. The molecule has 4 nitrogen and oxygen atoms in total. The third-order valence-corrected chi connectivity index (χ3v) is 3.42. The van der Waals surface area contributed by atoms with Crippen molar-refractivity contribution in [3.63, 3.8) is 0 Å². The minimum atomic E-state index is 0.401. The van der Waals surface area contributed by atoms with E-state index < -0.39 is 0 Å². The van der Waals surface area contributed by atoms with Gasteiger partial charge in [-0.3, -0.25) is 0 Å². The van der Waals surface area contributed by atoms with Gasteiger partial charge < -0.3 is 20.5 Å². The van der Waals surface area contributed by atoms with Gasteiger partial charge in [0.15, 0.2) is 0 Å². The Labute approximate surface area is 115 Å². The zero-order chi connectivity index (χ0) is 13.5. The summed E-state index contributed by atoms with van der Waals surface area (Å²) >= 11 is 0. The number of hydrogen-bond acceptors (Lipinski definition) is 4. The second-order valence-electron chi connectivity index (χ2n) is 4.85. The minimum absolute atomic E-state index is 0.401. The van der Waals surface area contributed by atoms with E-state index in [9.17, 15) is 0 Å². The first kappa shape index (κ1) is 14.0. The van der Waals surface area contributed by atoms with Crippen LogP contribution in [-0.4, -0.2) is 25.9 Å². The van der Waals surface area contributed by atoms with Crippen LogP contribution >= 0.6 is 0 Å². The quantitative estimate of drug-likeness (QED) is 0.775. The monoisotopic (exact) mass is 264 g/mol. The van der Waals surface area contributed by atoms with Crippen LogP contribution in [0, 0.1) is 0 Å². The van der Waals surface area contributed by atoms with Crippen molar-refractivity contribution >= 4 is 11.4 Å². The van der Waals surface area contributed by atoms with Crippen molar-refractivity contribution in [2.24, 2.45) is 0 Å². The summed E-state index contributed by atoms with van der Waals surface area (Å²) in [6.45, 7) is 4.38. The molecule has 1 saturated heterocycles. The van der Waals surface area contributed by atoms with Gasteiger partial charge in [0.1, 0.15) is 5.75 Å². The van der Waals surface area contributed by atoms with Crippen molar-refractivity contribution in [1.82, 2.24) is 0 Å². The van der Waals surface area contributed by atoms with Crippen molar-refractivity contribution in [1.29, 1.82) is 0 Å². The van der Waals surface area contributed by atoms with Crippen molar-refractivity contribution in [3.05, 3.63) is 18.2 Å². The summed E-state index contributed by atoms with van der Waals surface area (Å²) in [5.74, 6) is 0.751. The number of nitrogens with two attached hydrogens (primary N) is 1. The number of nitrogen functional groups attached to an aromatic ring is 1. The molecule has 1 fully saturated rings. The summed E-state index contributed by atoms with van der Waals surface area (Å²) in [5, 5.41) is 3.37. The molecule has 106 valence electrons. The molecule has 19 heavy (non-hydrogen) atoms. The van der Waals surface area contributed by atoms with Crippen LogP contribution in [0.15, 0.2) is 18.2 Å². The molecule has 4 heteroatoms. The van der Waals surface area contributed by atoms with Gasteiger partial charge in [0, 0.05) is 13.2 Å². The first-order valence-electron chi connectivity index (χ1n) is 7.18. The van der Waals surface area contributed by atoms with Gasteiger partial charge in [-0.1, -0.05) is 6.07 Å². The summed E-state index contributed by atoms with van der Waals surface area (Å²) in [7, 11) is 0. The van der Waals surface area contributed by atoms with Gasteiger partial charge in [-0.25, -0.2) is 0 Å². The minimum Gasteiger partial charge on any atom is -0.492 e. The highest BCUT2D eigenvalue weighted by molar-refractivity contribution is 5.72. The molecule has 0 spiro atoms. The lowest BCUT2D eigenvalue weighted by molar-refractivity contribution is 0.0134. The molecule has 1 aromatic rings. The molecule has 0 amide bonds. The topological polar surface area (TPSA) is 56.5 Å². The summed E-state index contributed by atoms with van der Waals surface area (Å²) in [5.41, 5.74) is 7.70. The molecule has 0 aliphatic carbocycles. The first-order valence-corrected chi connectivity index (χ1v) is 7.18. The van der Waals surface area contributed by atoms with Crippen molar-refractivity contribution in [3.8, 4) is 5.75 Å². The third kappa shape index (κ3) is 4.03. The largest absolute Gasteiger partial charge is 0.492 e. The Hall–Kier alpha value is -1.42. The van der Waals surface area contributed by atoms with Gasteiger partial charge in [-0.2, -0.15) is 0 Å². The molecule has 0 aromatic heterocycles. The maximum absolute atomic E-state index is 6.07. The summed E-state index contributed by atoms with van der Waals surface area (Å²) in [6.07, 6.45) is 5.09. The number of anilines is 2. The smallest absolute Gasteiger partial charge is 0.144 e. The molecule has 1 unspecified atom stereocenters. The molecule has 2 rings (SSSR count). The number of benzene rings is 1. The van der Waals surface area contributed by atoms with Crippen LogP contribution in [0.3, 0.4) is 0 Å².